The van der Waals surface area contributed by atoms with Gasteiger partial charge in [0.1, 0.15) is 6.10 Å². The van der Waals surface area contributed by atoms with E-state index in [1.165, 1.54) is 82.6 Å². The summed E-state index contributed by atoms with van der Waals surface area (Å²) >= 11 is 0. The van der Waals surface area contributed by atoms with Crippen LogP contribution in [0.5, 0.6) is 0 Å². The van der Waals surface area contributed by atoms with E-state index in [1.54, 1.807) is 0 Å². The molecule has 2 aliphatic rings. The molecule has 0 heterocycles. The number of hydrogen-bond donors (Lipinski definition) is 0. The lowest BCUT2D eigenvalue weighted by molar-refractivity contribution is 0.0161. The van der Waals surface area contributed by atoms with E-state index in [0.717, 1.165) is 36.2 Å². The SMILES string of the molecule is CCCCCC1CC[C@@H](c2ccc(C(=O)OC3CCC(CCCC)CC3)cc2)[C@H](C)C1. The molecule has 0 radical (unpaired) electrons. The van der Waals surface area contributed by atoms with Crippen LogP contribution < -0.4 is 0 Å². The quantitative estimate of drug-likeness (QED) is 0.276. The van der Waals surface area contributed by atoms with E-state index >= 15 is 0 Å². The van der Waals surface area contributed by atoms with E-state index in [9.17, 15) is 4.79 Å². The Balaban J connectivity index is 1.45. The van der Waals surface area contributed by atoms with Crippen molar-refractivity contribution in [2.75, 3.05) is 0 Å². The van der Waals surface area contributed by atoms with Crippen molar-refractivity contribution in [2.45, 2.75) is 123 Å². The van der Waals surface area contributed by atoms with E-state index in [1.807, 2.05) is 12.1 Å². The molecule has 2 fully saturated rings. The van der Waals surface area contributed by atoms with Crippen molar-refractivity contribution in [3.05, 3.63) is 35.4 Å². The van der Waals surface area contributed by atoms with Crippen LogP contribution in [0.15, 0.2) is 24.3 Å². The summed E-state index contributed by atoms with van der Waals surface area (Å²) in [5.74, 6) is 3.02. The number of hydrogen-bond acceptors (Lipinski definition) is 2. The third-order valence-electron chi connectivity index (χ3n) is 8.10. The Labute approximate surface area is 191 Å². The first-order chi connectivity index (χ1) is 15.1. The number of rotatable bonds is 10. The Kier molecular flexibility index (Phi) is 9.94. The van der Waals surface area contributed by atoms with Gasteiger partial charge in [-0.1, -0.05) is 77.8 Å². The largest absolute Gasteiger partial charge is 0.459 e. The zero-order chi connectivity index (χ0) is 22.1. The molecule has 0 amide bonds. The van der Waals surface area contributed by atoms with Gasteiger partial charge in [0.2, 0.25) is 0 Å². The lowest BCUT2D eigenvalue weighted by Gasteiger charge is -2.34. The fraction of sp³-hybridized carbons (Fsp3) is 0.759. The molecule has 0 aromatic heterocycles. The molecule has 0 spiro atoms. The molecule has 0 saturated heterocycles. The van der Waals surface area contributed by atoms with Gasteiger partial charge in [0.15, 0.2) is 0 Å². The highest BCUT2D eigenvalue weighted by atomic mass is 16.5. The maximum Gasteiger partial charge on any atom is 0.338 e. The molecule has 3 rings (SSSR count). The second kappa shape index (κ2) is 12.7. The number of carbonyl (C=O) groups is 1. The van der Waals surface area contributed by atoms with Crippen molar-refractivity contribution >= 4 is 5.97 Å². The number of unbranched alkanes of at least 4 members (excludes halogenated alkanes) is 3. The minimum atomic E-state index is -0.128. The smallest absolute Gasteiger partial charge is 0.338 e. The predicted octanol–water partition coefficient (Wildman–Crippen LogP) is 8.69. The van der Waals surface area contributed by atoms with E-state index in [4.69, 9.17) is 4.74 Å². The number of benzene rings is 1. The van der Waals surface area contributed by atoms with Crippen molar-refractivity contribution < 1.29 is 9.53 Å². The Hall–Kier alpha value is -1.31. The summed E-state index contributed by atoms with van der Waals surface area (Å²) in [5.41, 5.74) is 2.13. The van der Waals surface area contributed by atoms with Crippen molar-refractivity contribution in [2.24, 2.45) is 17.8 Å². The van der Waals surface area contributed by atoms with E-state index in [2.05, 4.69) is 32.9 Å². The standard InChI is InChI=1S/C29H46O2/c1-4-6-8-10-24-13-20-28(22(3)21-24)25-14-16-26(17-15-25)29(30)31-27-18-11-23(12-19-27)9-7-5-2/h14-17,22-24,27-28H,4-13,18-21H2,1-3H3/t22-,23?,24?,27?,28-/m1/s1. The van der Waals surface area contributed by atoms with Crippen LogP contribution in [-0.4, -0.2) is 12.1 Å². The van der Waals surface area contributed by atoms with Gasteiger partial charge in [-0.3, -0.25) is 0 Å². The summed E-state index contributed by atoms with van der Waals surface area (Å²) < 4.78 is 5.86. The molecule has 3 atom stereocenters. The summed E-state index contributed by atoms with van der Waals surface area (Å²) in [6, 6.07) is 8.39. The van der Waals surface area contributed by atoms with Crippen LogP contribution in [0.3, 0.4) is 0 Å². The summed E-state index contributed by atoms with van der Waals surface area (Å²) in [6.45, 7) is 6.98. The van der Waals surface area contributed by atoms with Gasteiger partial charge >= 0.3 is 5.97 Å². The first kappa shape index (κ1) is 24.3. The van der Waals surface area contributed by atoms with Crippen LogP contribution in [-0.2, 0) is 4.74 Å². The topological polar surface area (TPSA) is 26.3 Å². The van der Waals surface area contributed by atoms with Crippen LogP contribution in [0.2, 0.25) is 0 Å². The van der Waals surface area contributed by atoms with Gasteiger partial charge in [-0.15, -0.1) is 0 Å². The molecule has 0 aliphatic heterocycles. The molecular formula is C29H46O2. The van der Waals surface area contributed by atoms with Crippen LogP contribution in [0.25, 0.3) is 0 Å². The molecule has 0 N–H and O–H groups in total. The monoisotopic (exact) mass is 426 g/mol. The van der Waals surface area contributed by atoms with E-state index in [-0.39, 0.29) is 12.1 Å². The summed E-state index contributed by atoms with van der Waals surface area (Å²) in [7, 11) is 0. The highest BCUT2D eigenvalue weighted by molar-refractivity contribution is 5.89. The third-order valence-corrected chi connectivity index (χ3v) is 8.10. The van der Waals surface area contributed by atoms with Crippen LogP contribution in [0.1, 0.15) is 133 Å². The highest BCUT2D eigenvalue weighted by Gasteiger charge is 2.29. The lowest BCUT2D eigenvalue weighted by atomic mass is 9.71. The second-order valence-electron chi connectivity index (χ2n) is 10.6. The minimum absolute atomic E-state index is 0.119. The summed E-state index contributed by atoms with van der Waals surface area (Å²) in [4.78, 5) is 12.7. The van der Waals surface area contributed by atoms with Gasteiger partial charge in [0, 0.05) is 0 Å². The molecule has 0 bridgehead atoms. The minimum Gasteiger partial charge on any atom is -0.459 e. The Morgan fingerprint density at radius 1 is 0.839 bits per heavy atom. The predicted molar refractivity (Wildman–Crippen MR) is 131 cm³/mol. The molecule has 2 nitrogen and oxygen atoms in total. The summed E-state index contributed by atoms with van der Waals surface area (Å²) in [5, 5.41) is 0. The Morgan fingerprint density at radius 3 is 2.13 bits per heavy atom. The molecule has 2 saturated carbocycles. The number of ether oxygens (including phenoxy) is 1. The Morgan fingerprint density at radius 2 is 1.48 bits per heavy atom. The molecule has 2 heteroatoms. The van der Waals surface area contributed by atoms with E-state index < -0.39 is 0 Å². The molecule has 174 valence electrons. The molecule has 2 aliphatic carbocycles. The Bertz CT molecular complexity index is 641. The fourth-order valence-corrected chi connectivity index (χ4v) is 6.07. The van der Waals surface area contributed by atoms with Crippen LogP contribution in [0, 0.1) is 17.8 Å². The van der Waals surface area contributed by atoms with Gasteiger partial charge in [-0.25, -0.2) is 4.79 Å². The first-order valence-corrected chi connectivity index (χ1v) is 13.4. The van der Waals surface area contributed by atoms with Crippen molar-refractivity contribution in [1.82, 2.24) is 0 Å². The maximum atomic E-state index is 12.7. The van der Waals surface area contributed by atoms with Crippen molar-refractivity contribution in [3.63, 3.8) is 0 Å². The normalized spacial score (nSPS) is 28.9. The summed E-state index contributed by atoms with van der Waals surface area (Å²) in [6.07, 6.45) is 18.1. The molecule has 31 heavy (non-hydrogen) atoms. The zero-order valence-electron chi connectivity index (χ0n) is 20.4. The average Bonchev–Trinajstić information content (AvgIpc) is 2.79. The zero-order valence-corrected chi connectivity index (χ0v) is 20.4. The number of esters is 1. The van der Waals surface area contributed by atoms with Gasteiger partial charge in [0.05, 0.1) is 5.56 Å². The second-order valence-corrected chi connectivity index (χ2v) is 10.6. The van der Waals surface area contributed by atoms with Crippen LogP contribution in [0.4, 0.5) is 0 Å². The molecule has 1 unspecified atom stereocenters. The third kappa shape index (κ3) is 7.36. The average molecular weight is 427 g/mol. The van der Waals surface area contributed by atoms with E-state index in [0.29, 0.717) is 5.92 Å². The maximum absolute atomic E-state index is 12.7. The van der Waals surface area contributed by atoms with Gasteiger partial charge in [0.25, 0.3) is 0 Å². The molecule has 1 aromatic rings. The van der Waals surface area contributed by atoms with Crippen molar-refractivity contribution in [1.29, 1.82) is 0 Å². The highest BCUT2D eigenvalue weighted by Crippen LogP contribution is 2.42. The molecular weight excluding hydrogens is 380 g/mol. The number of carbonyl (C=O) groups excluding carboxylic acids is 1. The lowest BCUT2D eigenvalue weighted by Crippen LogP contribution is -2.24. The fourth-order valence-electron chi connectivity index (χ4n) is 6.07. The van der Waals surface area contributed by atoms with Crippen molar-refractivity contribution in [3.8, 4) is 0 Å². The molecule has 1 aromatic carbocycles. The van der Waals surface area contributed by atoms with Gasteiger partial charge < -0.3 is 4.74 Å². The van der Waals surface area contributed by atoms with Gasteiger partial charge in [-0.05, 0) is 86.3 Å². The first-order valence-electron chi connectivity index (χ1n) is 13.4. The van der Waals surface area contributed by atoms with Crippen LogP contribution >= 0.6 is 0 Å². The van der Waals surface area contributed by atoms with Gasteiger partial charge in [-0.2, -0.15) is 0 Å².